The molecule has 0 radical (unpaired) electrons. The SMILES string of the molecule is Cc1ccc(S(=O)(=O)N(C)C(C)C(C)(C)C)cc1CCl. The highest BCUT2D eigenvalue weighted by molar-refractivity contribution is 7.89. The van der Waals surface area contributed by atoms with Gasteiger partial charge in [0.15, 0.2) is 0 Å². The van der Waals surface area contributed by atoms with Gasteiger partial charge in [-0.2, -0.15) is 4.31 Å². The molecule has 0 N–H and O–H groups in total. The van der Waals surface area contributed by atoms with E-state index >= 15 is 0 Å². The van der Waals surface area contributed by atoms with Crippen molar-refractivity contribution in [2.75, 3.05) is 7.05 Å². The second-order valence-corrected chi connectivity index (χ2v) is 8.55. The van der Waals surface area contributed by atoms with Crippen LogP contribution in [0.3, 0.4) is 0 Å². The first-order valence-electron chi connectivity index (χ1n) is 6.65. The number of hydrogen-bond donors (Lipinski definition) is 0. The standard InChI is InChI=1S/C15H24ClNO2S/c1-11-7-8-14(9-13(11)10-16)20(18,19)17(6)12(2)15(3,4)5/h7-9,12H,10H2,1-6H3. The first-order chi connectivity index (χ1) is 9.01. The zero-order valence-electron chi connectivity index (χ0n) is 13.1. The van der Waals surface area contributed by atoms with Crippen LogP contribution in [-0.2, 0) is 15.9 Å². The lowest BCUT2D eigenvalue weighted by atomic mass is 9.88. The minimum Gasteiger partial charge on any atom is -0.207 e. The second-order valence-electron chi connectivity index (χ2n) is 6.29. The number of hydrogen-bond acceptors (Lipinski definition) is 2. The quantitative estimate of drug-likeness (QED) is 0.792. The van der Waals surface area contributed by atoms with Gasteiger partial charge >= 0.3 is 0 Å². The summed E-state index contributed by atoms with van der Waals surface area (Å²) in [5.74, 6) is 0.313. The maximum atomic E-state index is 12.7. The van der Waals surface area contributed by atoms with Crippen molar-refractivity contribution in [3.8, 4) is 0 Å². The van der Waals surface area contributed by atoms with Crippen molar-refractivity contribution in [2.45, 2.75) is 51.4 Å². The largest absolute Gasteiger partial charge is 0.243 e. The van der Waals surface area contributed by atoms with Crippen molar-refractivity contribution in [2.24, 2.45) is 5.41 Å². The summed E-state index contributed by atoms with van der Waals surface area (Å²) in [5, 5.41) is 0. The van der Waals surface area contributed by atoms with Crippen LogP contribution in [0.1, 0.15) is 38.8 Å². The molecule has 1 unspecified atom stereocenters. The maximum Gasteiger partial charge on any atom is 0.243 e. The van der Waals surface area contributed by atoms with Crippen molar-refractivity contribution in [1.82, 2.24) is 4.31 Å². The predicted octanol–water partition coefficient (Wildman–Crippen LogP) is 3.79. The lowest BCUT2D eigenvalue weighted by molar-refractivity contribution is 0.216. The highest BCUT2D eigenvalue weighted by Gasteiger charge is 2.32. The van der Waals surface area contributed by atoms with E-state index in [1.54, 1.807) is 25.2 Å². The van der Waals surface area contributed by atoms with Crippen LogP contribution in [0.4, 0.5) is 0 Å². The van der Waals surface area contributed by atoms with Crippen LogP contribution < -0.4 is 0 Å². The van der Waals surface area contributed by atoms with Crippen molar-refractivity contribution in [3.63, 3.8) is 0 Å². The van der Waals surface area contributed by atoms with Gasteiger partial charge in [0.05, 0.1) is 4.90 Å². The molecule has 0 aromatic heterocycles. The molecular formula is C15H24ClNO2S. The Morgan fingerprint density at radius 1 is 1.30 bits per heavy atom. The van der Waals surface area contributed by atoms with Crippen LogP contribution >= 0.6 is 11.6 Å². The Morgan fingerprint density at radius 2 is 1.85 bits per heavy atom. The van der Waals surface area contributed by atoms with Crippen LogP contribution in [0.2, 0.25) is 0 Å². The molecule has 0 bridgehead atoms. The Bertz CT molecular complexity index is 576. The monoisotopic (exact) mass is 317 g/mol. The molecule has 0 amide bonds. The number of halogens is 1. The molecule has 1 rings (SSSR count). The molecule has 1 aromatic carbocycles. The van der Waals surface area contributed by atoms with E-state index in [0.717, 1.165) is 11.1 Å². The molecule has 0 saturated carbocycles. The topological polar surface area (TPSA) is 37.4 Å². The Balaban J connectivity index is 3.23. The fraction of sp³-hybridized carbons (Fsp3) is 0.600. The Hall–Kier alpha value is -0.580. The van der Waals surface area contributed by atoms with Gasteiger partial charge in [0.1, 0.15) is 0 Å². The van der Waals surface area contributed by atoms with Gasteiger partial charge in [0.2, 0.25) is 10.0 Å². The van der Waals surface area contributed by atoms with Crippen molar-refractivity contribution >= 4 is 21.6 Å². The average Bonchev–Trinajstić information content (AvgIpc) is 2.36. The van der Waals surface area contributed by atoms with Crippen molar-refractivity contribution in [3.05, 3.63) is 29.3 Å². The van der Waals surface area contributed by atoms with Gasteiger partial charge in [-0.25, -0.2) is 8.42 Å². The molecule has 0 fully saturated rings. The minimum absolute atomic E-state index is 0.103. The van der Waals surface area contributed by atoms with E-state index < -0.39 is 10.0 Å². The summed E-state index contributed by atoms with van der Waals surface area (Å²) in [4.78, 5) is 0.303. The summed E-state index contributed by atoms with van der Waals surface area (Å²) in [6.07, 6.45) is 0. The van der Waals surface area contributed by atoms with Gasteiger partial charge in [0.25, 0.3) is 0 Å². The Labute approximate surface area is 128 Å². The number of alkyl halides is 1. The highest BCUT2D eigenvalue weighted by Crippen LogP contribution is 2.28. The fourth-order valence-electron chi connectivity index (χ4n) is 1.87. The van der Waals surface area contributed by atoms with Crippen LogP contribution in [0.25, 0.3) is 0 Å². The van der Waals surface area contributed by atoms with E-state index in [0.29, 0.717) is 10.8 Å². The number of benzene rings is 1. The van der Waals surface area contributed by atoms with E-state index in [1.165, 1.54) is 4.31 Å². The third-order valence-corrected chi connectivity index (χ3v) is 6.15. The van der Waals surface area contributed by atoms with Crippen LogP contribution in [0, 0.1) is 12.3 Å². The summed E-state index contributed by atoms with van der Waals surface area (Å²) >= 11 is 5.86. The Morgan fingerprint density at radius 3 is 2.30 bits per heavy atom. The van der Waals surface area contributed by atoms with E-state index in [4.69, 9.17) is 11.6 Å². The van der Waals surface area contributed by atoms with Crippen molar-refractivity contribution in [1.29, 1.82) is 0 Å². The predicted molar refractivity (Wildman–Crippen MR) is 84.6 cm³/mol. The summed E-state index contributed by atoms with van der Waals surface area (Å²) in [6.45, 7) is 9.94. The molecular weight excluding hydrogens is 294 g/mol. The van der Waals surface area contributed by atoms with E-state index in [-0.39, 0.29) is 11.5 Å². The number of rotatable bonds is 4. The first-order valence-corrected chi connectivity index (χ1v) is 8.62. The van der Waals surface area contributed by atoms with Crippen molar-refractivity contribution < 1.29 is 8.42 Å². The molecule has 0 aliphatic rings. The third-order valence-electron chi connectivity index (χ3n) is 3.94. The summed E-state index contributed by atoms with van der Waals surface area (Å²) in [5.41, 5.74) is 1.73. The molecule has 1 atom stereocenters. The van der Waals surface area contributed by atoms with Crippen LogP contribution in [0.15, 0.2) is 23.1 Å². The summed E-state index contributed by atoms with van der Waals surface area (Å²) < 4.78 is 26.8. The average molecular weight is 318 g/mol. The summed E-state index contributed by atoms with van der Waals surface area (Å²) in [7, 11) is -1.87. The highest BCUT2D eigenvalue weighted by atomic mass is 35.5. The zero-order valence-corrected chi connectivity index (χ0v) is 14.6. The smallest absolute Gasteiger partial charge is 0.207 e. The van der Waals surface area contributed by atoms with Gasteiger partial charge < -0.3 is 0 Å². The van der Waals surface area contributed by atoms with E-state index in [2.05, 4.69) is 0 Å². The Kier molecular flexibility index (Phi) is 5.28. The number of sulfonamides is 1. The first kappa shape index (κ1) is 17.5. The molecule has 3 nitrogen and oxygen atoms in total. The van der Waals surface area contributed by atoms with Gasteiger partial charge in [0, 0.05) is 19.0 Å². The maximum absolute atomic E-state index is 12.7. The molecule has 0 heterocycles. The normalized spacial score (nSPS) is 14.6. The van der Waals surface area contributed by atoms with Gasteiger partial charge in [-0.15, -0.1) is 11.6 Å². The van der Waals surface area contributed by atoms with Gasteiger partial charge in [-0.05, 0) is 42.5 Å². The molecule has 1 aromatic rings. The van der Waals surface area contributed by atoms with Gasteiger partial charge in [-0.3, -0.25) is 0 Å². The van der Waals surface area contributed by atoms with Crippen LogP contribution in [-0.4, -0.2) is 25.8 Å². The van der Waals surface area contributed by atoms with Gasteiger partial charge in [-0.1, -0.05) is 26.8 Å². The second kappa shape index (κ2) is 6.04. The van der Waals surface area contributed by atoms with E-state index in [1.807, 2.05) is 34.6 Å². The zero-order chi connectivity index (χ0) is 15.7. The third kappa shape index (κ3) is 3.54. The number of aryl methyl sites for hydroxylation is 1. The molecule has 5 heteroatoms. The minimum atomic E-state index is -3.50. The molecule has 0 saturated heterocycles. The molecule has 0 spiro atoms. The number of nitrogens with zero attached hydrogens (tertiary/aromatic N) is 1. The lowest BCUT2D eigenvalue weighted by Crippen LogP contribution is -2.42. The molecule has 20 heavy (non-hydrogen) atoms. The molecule has 0 aliphatic carbocycles. The van der Waals surface area contributed by atoms with E-state index in [9.17, 15) is 8.42 Å². The summed E-state index contributed by atoms with van der Waals surface area (Å²) in [6, 6.07) is 5.02. The molecule has 114 valence electrons. The van der Waals surface area contributed by atoms with Crippen LogP contribution in [0.5, 0.6) is 0 Å². The molecule has 0 aliphatic heterocycles. The fourth-order valence-corrected chi connectivity index (χ4v) is 3.76. The lowest BCUT2D eigenvalue weighted by Gasteiger charge is -2.34.